The molecule has 8 bridgehead atoms. The molecule has 16 heteroatoms. The zero-order chi connectivity index (χ0) is 41.7. The highest BCUT2D eigenvalue weighted by molar-refractivity contribution is 5.96. The fraction of sp³-hybridized carbons (Fsp3) is 0.400. The van der Waals surface area contributed by atoms with Gasteiger partial charge >= 0.3 is 11.9 Å². The van der Waals surface area contributed by atoms with Crippen molar-refractivity contribution in [1.82, 2.24) is 30.6 Å². The van der Waals surface area contributed by atoms with E-state index in [1.54, 1.807) is 0 Å². The van der Waals surface area contributed by atoms with Gasteiger partial charge in [0.2, 0.25) is 11.8 Å². The quantitative estimate of drug-likeness (QED) is 0.118. The number of allylic oxidation sites excluding steroid dienone is 4. The van der Waals surface area contributed by atoms with Gasteiger partial charge < -0.3 is 51.2 Å². The van der Waals surface area contributed by atoms with Crippen LogP contribution in [0.1, 0.15) is 98.4 Å². The number of hydrogen-bond acceptors (Lipinski definition) is 10. The number of aromatic nitrogens is 4. The van der Waals surface area contributed by atoms with Crippen molar-refractivity contribution in [3.05, 3.63) is 69.3 Å². The fourth-order valence-corrected chi connectivity index (χ4v) is 6.51. The summed E-state index contributed by atoms with van der Waals surface area (Å²) in [5.41, 5.74) is 15.4. The largest absolute Gasteiger partial charge is 0.481 e. The van der Waals surface area contributed by atoms with Crippen LogP contribution in [0.25, 0.3) is 44.4 Å². The molecule has 2 amide bonds. The number of hydrogen-bond donors (Lipinski definition) is 10. The van der Waals surface area contributed by atoms with Crippen molar-refractivity contribution >= 4 is 68.1 Å². The van der Waals surface area contributed by atoms with Gasteiger partial charge in [0.1, 0.15) is 26.7 Å². The van der Waals surface area contributed by atoms with Gasteiger partial charge in [0.25, 0.3) is 0 Å². The number of aliphatic hydroxyl groups is 4. The molecule has 0 saturated carbocycles. The van der Waals surface area contributed by atoms with Crippen LogP contribution in [-0.4, -0.2) is 101 Å². The van der Waals surface area contributed by atoms with Gasteiger partial charge in [-0.2, -0.15) is 0 Å². The van der Waals surface area contributed by atoms with Crippen LogP contribution >= 0.6 is 0 Å². The van der Waals surface area contributed by atoms with E-state index < -0.39 is 50.4 Å². The summed E-state index contributed by atoms with van der Waals surface area (Å²) >= 11 is 0. The van der Waals surface area contributed by atoms with Crippen LogP contribution in [0.2, 0.25) is 0 Å². The number of nitrogens with zero attached hydrogens (tertiary/aromatic N) is 2. The van der Waals surface area contributed by atoms with E-state index >= 15 is 0 Å². The average molecular weight is 777 g/mol. The molecular weight excluding hydrogens is 724 g/mol. The molecule has 0 aliphatic carbocycles. The topological polar surface area (TPSA) is 271 Å². The lowest BCUT2D eigenvalue weighted by molar-refractivity contribution is -0.137. The Morgan fingerprint density at radius 3 is 1.29 bits per heavy atom. The highest BCUT2D eigenvalue weighted by Gasteiger charge is 2.23. The van der Waals surface area contributed by atoms with E-state index in [2.05, 4.69) is 49.8 Å². The van der Waals surface area contributed by atoms with Crippen LogP contribution in [0.15, 0.2) is 24.3 Å². The molecule has 0 atom stereocenters. The number of carbonyl (C=O) groups excluding carboxylic acids is 2. The lowest BCUT2D eigenvalue weighted by atomic mass is 9.98. The number of carbonyl (C=O) groups is 4. The van der Waals surface area contributed by atoms with E-state index in [1.807, 2.05) is 36.6 Å². The summed E-state index contributed by atoms with van der Waals surface area (Å²) in [6.45, 7) is 10.6. The Hall–Kier alpha value is -5.68. The molecular formula is C40H52N6O10. The number of H-pyrrole nitrogens is 2. The summed E-state index contributed by atoms with van der Waals surface area (Å²) in [6, 6.07) is 8.19. The molecule has 0 radical (unpaired) electrons. The van der Waals surface area contributed by atoms with Crippen LogP contribution in [0.4, 0.5) is 0 Å². The Bertz CT molecular complexity index is 2160. The summed E-state index contributed by atoms with van der Waals surface area (Å²) in [5.74, 6) is -2.87. The van der Waals surface area contributed by atoms with Crippen molar-refractivity contribution < 1.29 is 49.8 Å². The van der Waals surface area contributed by atoms with E-state index in [0.717, 1.165) is 74.2 Å². The minimum absolute atomic E-state index is 0.0138. The van der Waals surface area contributed by atoms with Crippen molar-refractivity contribution in [3.8, 4) is 0 Å². The molecule has 3 aromatic rings. The number of amides is 2. The smallest absolute Gasteiger partial charge is 0.303 e. The highest BCUT2D eigenvalue weighted by atomic mass is 16.4. The number of aliphatic carboxylic acids is 2. The average Bonchev–Trinajstić information content (AvgIpc) is 3.82. The van der Waals surface area contributed by atoms with Crippen molar-refractivity contribution in [2.45, 2.75) is 80.1 Å². The predicted octanol–water partition coefficient (Wildman–Crippen LogP) is 3.74. The maximum atomic E-state index is 11.5. The number of carboxylic acids is 2. The van der Waals surface area contributed by atoms with Gasteiger partial charge in [-0.3, -0.25) is 19.2 Å². The van der Waals surface area contributed by atoms with Crippen molar-refractivity contribution in [2.24, 2.45) is 0 Å². The number of fused-ring (bicyclic) bond motifs is 8. The molecule has 5 heterocycles. The molecule has 0 unspecified atom stereocenters. The first-order valence-corrected chi connectivity index (χ1v) is 18.2. The Kier molecular flexibility index (Phi) is 16.6. The molecule has 3 aromatic heterocycles. The summed E-state index contributed by atoms with van der Waals surface area (Å²) < 4.78 is 0. The van der Waals surface area contributed by atoms with Crippen LogP contribution in [0.3, 0.4) is 0 Å². The molecule has 2 aliphatic rings. The standard InChI is InChI=1S/C34H38N4O4.2C3H7NO3/c1-7-21-17(3)25-13-26-19(5)23(9-11-33(39)40)31(37-26)16-32-24(10-12-34(41)42)20(6)28(38-32)15-30-22(8-2)18(4)27(36-30)14-29(21)35-25;2*5-1-3(7)4-2-6/h13-16,35-36H,7-12H2,1-6H3,(H,39,40)(H,41,42);2*5-6H,1-2H2,(H,4,7). The molecule has 56 heavy (non-hydrogen) atoms. The zero-order valence-corrected chi connectivity index (χ0v) is 32.6. The van der Waals surface area contributed by atoms with E-state index in [4.69, 9.17) is 30.4 Å². The number of rotatable bonds is 12. The van der Waals surface area contributed by atoms with Crippen molar-refractivity contribution in [1.29, 1.82) is 0 Å². The van der Waals surface area contributed by atoms with Gasteiger partial charge in [-0.15, -0.1) is 0 Å². The van der Waals surface area contributed by atoms with E-state index in [-0.39, 0.29) is 12.8 Å². The van der Waals surface area contributed by atoms with Gasteiger partial charge in [-0.25, -0.2) is 9.97 Å². The Labute approximate surface area is 324 Å². The Morgan fingerprint density at radius 1 is 0.571 bits per heavy atom. The molecule has 0 saturated heterocycles. The zero-order valence-electron chi connectivity index (χ0n) is 32.6. The molecule has 2 aliphatic heterocycles. The number of aromatic amines is 2. The first-order chi connectivity index (χ1) is 26.6. The Balaban J connectivity index is 0.000000512. The van der Waals surface area contributed by atoms with Gasteiger partial charge in [-0.1, -0.05) is 13.8 Å². The van der Waals surface area contributed by atoms with Crippen LogP contribution in [-0.2, 0) is 32.0 Å². The van der Waals surface area contributed by atoms with Gasteiger partial charge in [0, 0.05) is 34.9 Å². The summed E-state index contributed by atoms with van der Waals surface area (Å²) in [7, 11) is 0. The van der Waals surface area contributed by atoms with Crippen molar-refractivity contribution in [2.75, 3.05) is 26.7 Å². The highest BCUT2D eigenvalue weighted by Crippen LogP contribution is 2.38. The van der Waals surface area contributed by atoms with Crippen LogP contribution < -0.4 is 10.6 Å². The summed E-state index contributed by atoms with van der Waals surface area (Å²) in [5, 5.41) is 54.6. The maximum Gasteiger partial charge on any atom is 0.303 e. The maximum absolute atomic E-state index is 11.5. The first-order valence-electron chi connectivity index (χ1n) is 18.2. The lowest BCUT2D eigenvalue weighted by Crippen LogP contribution is -2.26. The number of carboxylic acid groups (broad SMARTS) is 2. The second-order valence-electron chi connectivity index (χ2n) is 13.0. The molecule has 0 spiro atoms. The predicted molar refractivity (Wildman–Crippen MR) is 213 cm³/mol. The van der Waals surface area contributed by atoms with Gasteiger partial charge in [0.15, 0.2) is 0 Å². The lowest BCUT2D eigenvalue weighted by Gasteiger charge is -2.05. The second-order valence-corrected chi connectivity index (χ2v) is 13.0. The van der Waals surface area contributed by atoms with E-state index in [0.29, 0.717) is 24.2 Å². The van der Waals surface area contributed by atoms with E-state index in [1.165, 1.54) is 16.7 Å². The Morgan fingerprint density at radius 2 is 0.946 bits per heavy atom. The SMILES string of the molecule is CCc1c(C)c2cc3[nH]c(cc4nc(cc5nc(cc1[nH]2)C(C)=C5CCC(=O)O)C(CCC(=O)O)=C4C)c(C)c3CC.O=C(CO)NCO.O=C(CO)NCO. The van der Waals surface area contributed by atoms with Crippen LogP contribution in [0, 0.1) is 13.8 Å². The van der Waals surface area contributed by atoms with Crippen molar-refractivity contribution in [3.63, 3.8) is 0 Å². The number of nitrogens with one attached hydrogen (secondary N) is 4. The molecule has 0 fully saturated rings. The molecule has 302 valence electrons. The van der Waals surface area contributed by atoms with Gasteiger partial charge in [-0.05, 0) is 122 Å². The normalized spacial score (nSPS) is 12.0. The fourth-order valence-electron chi connectivity index (χ4n) is 6.51. The third kappa shape index (κ3) is 11.2. The van der Waals surface area contributed by atoms with Gasteiger partial charge in [0.05, 0.1) is 22.8 Å². The van der Waals surface area contributed by atoms with E-state index in [9.17, 15) is 29.4 Å². The number of aryl methyl sites for hydroxylation is 4. The minimum atomic E-state index is -0.869. The van der Waals surface area contributed by atoms with Crippen LogP contribution in [0.5, 0.6) is 0 Å². The second kappa shape index (κ2) is 20.8. The summed E-state index contributed by atoms with van der Waals surface area (Å²) in [4.78, 5) is 60.1. The number of aliphatic hydroxyl groups excluding tert-OH is 4. The third-order valence-corrected chi connectivity index (χ3v) is 9.52. The minimum Gasteiger partial charge on any atom is -0.481 e. The molecule has 5 rings (SSSR count). The summed E-state index contributed by atoms with van der Waals surface area (Å²) in [6.07, 6.45) is 2.37. The monoisotopic (exact) mass is 776 g/mol. The first kappa shape index (κ1) is 44.7. The molecule has 0 aromatic carbocycles. The molecule has 10 N–H and O–H groups in total. The third-order valence-electron chi connectivity index (χ3n) is 9.52. The molecule has 16 nitrogen and oxygen atoms in total.